The Morgan fingerprint density at radius 2 is 1.82 bits per heavy atom. The predicted molar refractivity (Wildman–Crippen MR) is 125 cm³/mol. The number of rotatable bonds is 4. The molecule has 1 amide bonds. The summed E-state index contributed by atoms with van der Waals surface area (Å²) in [7, 11) is 0. The summed E-state index contributed by atoms with van der Waals surface area (Å²) in [6, 6.07) is 8.22. The van der Waals surface area contributed by atoms with Crippen molar-refractivity contribution in [1.29, 1.82) is 0 Å². The molecule has 3 aromatic rings. The highest BCUT2D eigenvalue weighted by Crippen LogP contribution is 2.49. The molecule has 0 saturated carbocycles. The number of benzene rings is 2. The fourth-order valence-corrected chi connectivity index (χ4v) is 4.23. The van der Waals surface area contributed by atoms with Gasteiger partial charge in [0.05, 0.1) is 18.1 Å². The van der Waals surface area contributed by atoms with E-state index in [4.69, 9.17) is 28.0 Å². The average Bonchev–Trinajstić information content (AvgIpc) is 3.22. The first kappa shape index (κ1) is 24.4. The van der Waals surface area contributed by atoms with Crippen molar-refractivity contribution in [3.63, 3.8) is 0 Å². The molecule has 0 bridgehead atoms. The largest absolute Gasteiger partial charge is 0.435 e. The smallest absolute Gasteiger partial charge is 0.374 e. The van der Waals surface area contributed by atoms with E-state index >= 15 is 0 Å². The van der Waals surface area contributed by atoms with Crippen LogP contribution in [0.15, 0.2) is 58.6 Å². The van der Waals surface area contributed by atoms with Crippen molar-refractivity contribution in [3.05, 3.63) is 85.7 Å². The number of hydrogen-bond acceptors (Lipinski definition) is 5. The number of nitrogens with one attached hydrogen (secondary N) is 1. The van der Waals surface area contributed by atoms with Crippen molar-refractivity contribution in [2.75, 3.05) is 5.32 Å². The van der Waals surface area contributed by atoms with Gasteiger partial charge in [-0.05, 0) is 64.3 Å². The van der Waals surface area contributed by atoms with E-state index in [9.17, 15) is 18.0 Å². The lowest BCUT2D eigenvalue weighted by molar-refractivity contribution is -0.275. The van der Waals surface area contributed by atoms with Crippen molar-refractivity contribution >= 4 is 56.6 Å². The van der Waals surface area contributed by atoms with Gasteiger partial charge in [-0.2, -0.15) is 13.2 Å². The van der Waals surface area contributed by atoms with Crippen LogP contribution in [0.2, 0.25) is 10.0 Å². The second-order valence-electron chi connectivity index (χ2n) is 7.50. The molecule has 2 aromatic carbocycles. The van der Waals surface area contributed by atoms with Crippen LogP contribution in [0.3, 0.4) is 0 Å². The molecule has 1 aromatic heterocycles. The monoisotopic (exact) mass is 572 g/mol. The average molecular weight is 574 g/mol. The number of nitrogens with zero attached hydrogens (tertiary/aromatic N) is 3. The van der Waals surface area contributed by atoms with E-state index < -0.39 is 24.1 Å². The lowest BCUT2D eigenvalue weighted by atomic mass is 9.86. The van der Waals surface area contributed by atoms with Gasteiger partial charge in [0.2, 0.25) is 0 Å². The van der Waals surface area contributed by atoms with Gasteiger partial charge < -0.3 is 10.2 Å². The normalized spacial score (nSPS) is 17.8. The predicted octanol–water partition coefficient (Wildman–Crippen LogP) is 6.69. The van der Waals surface area contributed by atoms with Gasteiger partial charge in [-0.3, -0.25) is 4.79 Å². The van der Waals surface area contributed by atoms with Crippen LogP contribution in [0.4, 0.5) is 19.0 Å². The number of aryl methyl sites for hydroxylation is 1. The molecule has 0 aliphatic carbocycles. The second kappa shape index (κ2) is 9.16. The van der Waals surface area contributed by atoms with Crippen LogP contribution in [0.5, 0.6) is 0 Å². The minimum atomic E-state index is -4.80. The van der Waals surface area contributed by atoms with Crippen LogP contribution < -0.4 is 5.32 Å². The molecule has 1 atom stereocenters. The first-order chi connectivity index (χ1) is 16.0. The summed E-state index contributed by atoms with van der Waals surface area (Å²) in [6.07, 6.45) is -2.57. The molecule has 0 fully saturated rings. The molecule has 1 N–H and O–H groups in total. The molecule has 0 saturated heterocycles. The Balaban J connectivity index is 1.60. The summed E-state index contributed by atoms with van der Waals surface area (Å²) >= 11 is 15.0. The van der Waals surface area contributed by atoms with Crippen LogP contribution >= 0.6 is 39.1 Å². The fourth-order valence-electron chi connectivity index (χ4n) is 3.50. The van der Waals surface area contributed by atoms with Crippen LogP contribution in [0.1, 0.15) is 33.5 Å². The molecular weight excluding hydrogens is 560 g/mol. The summed E-state index contributed by atoms with van der Waals surface area (Å²) in [5.74, 6) is -0.191. The third-order valence-corrected chi connectivity index (χ3v) is 6.03. The van der Waals surface area contributed by atoms with Gasteiger partial charge in [-0.15, -0.1) is 0 Å². The lowest BCUT2D eigenvalue weighted by Crippen LogP contribution is -2.42. The summed E-state index contributed by atoms with van der Waals surface area (Å²) in [6.45, 7) is 1.66. The number of aromatic nitrogens is 2. The van der Waals surface area contributed by atoms with E-state index in [0.717, 1.165) is 12.1 Å². The maximum absolute atomic E-state index is 14.2. The Hall–Kier alpha value is -2.69. The van der Waals surface area contributed by atoms with E-state index in [2.05, 4.69) is 36.4 Å². The Bertz CT molecular complexity index is 1280. The van der Waals surface area contributed by atoms with Gasteiger partial charge in [0, 0.05) is 27.6 Å². The zero-order valence-electron chi connectivity index (χ0n) is 17.3. The van der Waals surface area contributed by atoms with Gasteiger partial charge >= 0.3 is 6.18 Å². The highest BCUT2D eigenvalue weighted by Gasteiger charge is 2.62. The molecule has 34 heavy (non-hydrogen) atoms. The summed E-state index contributed by atoms with van der Waals surface area (Å²) in [5.41, 5.74) is -1.69. The number of anilines is 1. The quantitative estimate of drug-likeness (QED) is 0.377. The summed E-state index contributed by atoms with van der Waals surface area (Å²) in [4.78, 5) is 25.7. The fraction of sp³-hybridized carbons (Fsp3) is 0.182. The molecule has 2 heterocycles. The molecule has 1 unspecified atom stereocenters. The van der Waals surface area contributed by atoms with Crippen molar-refractivity contribution in [2.24, 2.45) is 5.16 Å². The van der Waals surface area contributed by atoms with Crippen molar-refractivity contribution in [2.45, 2.75) is 25.1 Å². The number of carbonyl (C=O) groups is 1. The highest BCUT2D eigenvalue weighted by atomic mass is 79.9. The number of hydrogen-bond donors (Lipinski definition) is 1. The lowest BCUT2D eigenvalue weighted by Gasteiger charge is -2.29. The van der Waals surface area contributed by atoms with Crippen LogP contribution in [-0.4, -0.2) is 27.8 Å². The van der Waals surface area contributed by atoms with Crippen molar-refractivity contribution in [3.8, 4) is 0 Å². The number of alkyl halides is 3. The van der Waals surface area contributed by atoms with Crippen molar-refractivity contribution < 1.29 is 22.8 Å². The Kier molecular flexibility index (Phi) is 6.58. The minimum absolute atomic E-state index is 0.0462. The maximum Gasteiger partial charge on any atom is 0.435 e. The topological polar surface area (TPSA) is 76.5 Å². The third-order valence-electron chi connectivity index (χ3n) is 5.18. The number of oxime groups is 1. The van der Waals surface area contributed by atoms with Gasteiger partial charge in [-0.25, -0.2) is 9.97 Å². The number of halogens is 6. The van der Waals surface area contributed by atoms with E-state index in [1.54, 1.807) is 13.0 Å². The van der Waals surface area contributed by atoms with Gasteiger partial charge in [0.25, 0.3) is 11.5 Å². The molecule has 1 aliphatic heterocycles. The Labute approximate surface area is 210 Å². The minimum Gasteiger partial charge on any atom is -0.374 e. The van der Waals surface area contributed by atoms with Crippen LogP contribution in [0.25, 0.3) is 0 Å². The molecule has 6 nitrogen and oxygen atoms in total. The first-order valence-corrected chi connectivity index (χ1v) is 11.2. The van der Waals surface area contributed by atoms with Crippen LogP contribution in [0, 0.1) is 6.92 Å². The van der Waals surface area contributed by atoms with Gasteiger partial charge in [-0.1, -0.05) is 34.4 Å². The molecule has 1 aliphatic rings. The Morgan fingerprint density at radius 3 is 2.41 bits per heavy atom. The second-order valence-corrected chi connectivity index (χ2v) is 9.18. The SMILES string of the molecule is Cc1cc(C2=NOC(c3cc(Cl)cc(Cl)c3)(C(F)(F)F)C2)ccc1C(=O)Nc1cnc(Br)cn1. The molecule has 4 rings (SSSR count). The highest BCUT2D eigenvalue weighted by molar-refractivity contribution is 9.10. The zero-order valence-corrected chi connectivity index (χ0v) is 20.3. The summed E-state index contributed by atoms with van der Waals surface area (Å²) in [5, 5.41) is 6.45. The van der Waals surface area contributed by atoms with Gasteiger partial charge in [0.15, 0.2) is 5.82 Å². The molecule has 12 heteroatoms. The standard InChI is InChI=1S/C22H14BrCl2F3N4O2/c1-11-4-12(2-3-16(11)20(33)31-19-10-29-18(23)9-30-19)17-8-21(34-32-17,22(26,27)28)13-5-14(24)7-15(25)6-13/h2-7,9-10H,8H2,1H3,(H,30,31,33). The van der Waals surface area contributed by atoms with E-state index in [1.165, 1.54) is 30.6 Å². The van der Waals surface area contributed by atoms with Crippen LogP contribution in [-0.2, 0) is 10.4 Å². The van der Waals surface area contributed by atoms with E-state index in [0.29, 0.717) is 21.3 Å². The molecule has 0 spiro atoms. The third kappa shape index (κ3) is 4.75. The number of amides is 1. The van der Waals surface area contributed by atoms with E-state index in [1.807, 2.05) is 0 Å². The maximum atomic E-state index is 14.2. The molecular formula is C22H14BrCl2F3N4O2. The molecule has 0 radical (unpaired) electrons. The molecule has 176 valence electrons. The summed E-state index contributed by atoms with van der Waals surface area (Å²) < 4.78 is 43.1. The zero-order chi connectivity index (χ0) is 24.7. The van der Waals surface area contributed by atoms with Gasteiger partial charge in [0.1, 0.15) is 4.60 Å². The Morgan fingerprint density at radius 1 is 1.12 bits per heavy atom. The number of carbonyl (C=O) groups excluding carboxylic acids is 1. The van der Waals surface area contributed by atoms with Crippen molar-refractivity contribution in [1.82, 2.24) is 9.97 Å². The first-order valence-electron chi connectivity index (χ1n) is 9.67. The van der Waals surface area contributed by atoms with E-state index in [-0.39, 0.29) is 27.1 Å².